The molecule has 0 aliphatic rings. The molecule has 0 atom stereocenters. The monoisotopic (exact) mass is 270 g/mol. The third-order valence-corrected chi connectivity index (χ3v) is 7.92. The zero-order chi connectivity index (χ0) is 7.82. The molecule has 0 aliphatic carbocycles. The normalized spacial score (nSPS) is 9.82. The van der Waals surface area contributed by atoms with Gasteiger partial charge in [-0.3, -0.25) is 0 Å². The van der Waals surface area contributed by atoms with Gasteiger partial charge in [-0.1, -0.05) is 0 Å². The molecule has 0 saturated heterocycles. The van der Waals surface area contributed by atoms with Gasteiger partial charge in [0, 0.05) is 0 Å². The van der Waals surface area contributed by atoms with Crippen molar-refractivity contribution < 1.29 is 8.92 Å². The molecule has 0 aliphatic heterocycles. The van der Waals surface area contributed by atoms with E-state index in [1.807, 2.05) is 0 Å². The summed E-state index contributed by atoms with van der Waals surface area (Å²) >= 11 is -1.86. The number of unbranched alkanes of at least 4 members (excludes halogenated alkanes) is 2. The molecule has 0 aromatic rings. The van der Waals surface area contributed by atoms with Crippen molar-refractivity contribution >= 4 is 20.2 Å². The Bertz CT molecular complexity index is 61.1. The van der Waals surface area contributed by atoms with Crippen LogP contribution in [-0.2, 0) is 0 Å². The molecule has 0 spiro atoms. The zero-order valence-electron chi connectivity index (χ0n) is 7.77. The second-order valence-corrected chi connectivity index (χ2v) is 9.97. The van der Waals surface area contributed by atoms with Gasteiger partial charge in [-0.2, -0.15) is 0 Å². The Morgan fingerprint density at radius 2 is 1.36 bits per heavy atom. The van der Waals surface area contributed by atoms with E-state index >= 15 is 0 Å². The van der Waals surface area contributed by atoms with Crippen molar-refractivity contribution in [3.05, 3.63) is 0 Å². The molecule has 0 saturated carbocycles. The molecule has 3 heteroatoms. The quantitative estimate of drug-likeness (QED) is 0.729. The molecule has 0 radical (unpaired) electrons. The number of rotatable bonds is 6. The van der Waals surface area contributed by atoms with Crippen LogP contribution in [0.1, 0.15) is 39.5 Å². The molecule has 0 unspecified atom stereocenters. The van der Waals surface area contributed by atoms with Crippen LogP contribution in [0.3, 0.4) is 0 Å². The molecule has 2 nitrogen and oxygen atoms in total. The van der Waals surface area contributed by atoms with Gasteiger partial charge in [0.15, 0.2) is 0 Å². The van der Waals surface area contributed by atoms with Crippen molar-refractivity contribution in [3.8, 4) is 0 Å². The molecule has 70 valence electrons. The third kappa shape index (κ3) is 10.7. The topological polar surface area (TPSA) is 51.7 Å². The number of hydrogen-bond acceptors (Lipinski definition) is 1. The maximum Gasteiger partial charge on any atom is -0.412 e. The Morgan fingerprint density at radius 1 is 1.00 bits per heavy atom. The van der Waals surface area contributed by atoms with Crippen molar-refractivity contribution in [2.24, 2.45) is 0 Å². The van der Waals surface area contributed by atoms with Crippen LogP contribution in [0.4, 0.5) is 0 Å². The Labute approximate surface area is 77.6 Å². The van der Waals surface area contributed by atoms with Crippen LogP contribution in [0.25, 0.3) is 0 Å². The first-order chi connectivity index (χ1) is 4.81. The van der Waals surface area contributed by atoms with Crippen molar-refractivity contribution in [1.82, 2.24) is 0 Å². The van der Waals surface area contributed by atoms with E-state index in [-0.39, 0.29) is 5.48 Å². The summed E-state index contributed by atoms with van der Waals surface area (Å²) in [6.45, 7) is 4.39. The summed E-state index contributed by atoms with van der Waals surface area (Å²) in [7, 11) is 0. The summed E-state index contributed by atoms with van der Waals surface area (Å²) in [5.74, 6) is 0. The number of hydrogen-bond donors (Lipinski definition) is 1. The first-order valence-corrected chi connectivity index (χ1v) is 10.6. The molecule has 0 fully saturated rings. The van der Waals surface area contributed by atoms with Crippen LogP contribution in [0.5, 0.6) is 0 Å². The fraction of sp³-hybridized carbons (Fsp3) is 1.00. The van der Waals surface area contributed by atoms with Gasteiger partial charge in [-0.05, 0) is 0 Å². The van der Waals surface area contributed by atoms with Crippen molar-refractivity contribution in [2.75, 3.05) is 0 Å². The Balaban J connectivity index is 0. The molecule has 0 aromatic heterocycles. The molecule has 0 rings (SSSR count). The Hall–Kier alpha value is 0.719. The van der Waals surface area contributed by atoms with Gasteiger partial charge < -0.3 is 5.48 Å². The Kier molecular flexibility index (Phi) is 13.9. The van der Waals surface area contributed by atoms with Gasteiger partial charge in [-0.25, -0.2) is 0 Å². The smallest absolute Gasteiger partial charge is 0.412 e. The summed E-state index contributed by atoms with van der Waals surface area (Å²) in [4.78, 5) is 0. The summed E-state index contributed by atoms with van der Waals surface area (Å²) in [5.41, 5.74) is 0. The largest absolute Gasteiger partial charge is 0.412 e. The molecule has 11 heavy (non-hydrogen) atoms. The van der Waals surface area contributed by atoms with Crippen LogP contribution in [-0.4, -0.2) is 29.1 Å². The minimum atomic E-state index is -1.86. The van der Waals surface area contributed by atoms with Gasteiger partial charge in [-0.15, -0.1) is 0 Å². The fourth-order valence-corrected chi connectivity index (χ4v) is 6.87. The fourth-order valence-electron chi connectivity index (χ4n) is 1.02. The van der Waals surface area contributed by atoms with Crippen LogP contribution in [0, 0.1) is 0 Å². The standard InChI is InChI=1S/2C4H9.2H2O.Sn.H/c2*1-3-4-2;;;;/h2*1,3-4H2,2H3;2*1H2;;/q;;;;+1;/p-1. The van der Waals surface area contributed by atoms with E-state index in [2.05, 4.69) is 13.8 Å². The maximum atomic E-state index is 9.52. The first-order valence-electron chi connectivity index (χ1n) is 4.49. The average Bonchev–Trinajstić information content (AvgIpc) is 1.97. The molecule has 0 bridgehead atoms. The summed E-state index contributed by atoms with van der Waals surface area (Å²) in [6.07, 6.45) is 5.03. The first kappa shape index (κ1) is 14.3. The summed E-state index contributed by atoms with van der Waals surface area (Å²) in [5, 5.41) is 0. The summed E-state index contributed by atoms with van der Waals surface area (Å²) in [6, 6.07) is 0. The predicted octanol–water partition coefficient (Wildman–Crippen LogP) is 1.48. The van der Waals surface area contributed by atoms with E-state index in [1.165, 1.54) is 34.6 Å². The van der Waals surface area contributed by atoms with Crippen LogP contribution < -0.4 is 0 Å². The summed E-state index contributed by atoms with van der Waals surface area (Å²) < 4.78 is 11.9. The second kappa shape index (κ2) is 10.7. The van der Waals surface area contributed by atoms with Gasteiger partial charge in [0.2, 0.25) is 0 Å². The van der Waals surface area contributed by atoms with Crippen molar-refractivity contribution in [3.63, 3.8) is 0 Å². The Morgan fingerprint density at radius 3 is 1.64 bits per heavy atom. The van der Waals surface area contributed by atoms with Gasteiger partial charge in [0.25, 0.3) is 0 Å². The van der Waals surface area contributed by atoms with E-state index in [0.29, 0.717) is 0 Å². The van der Waals surface area contributed by atoms with Crippen molar-refractivity contribution in [1.29, 1.82) is 0 Å². The van der Waals surface area contributed by atoms with Crippen LogP contribution >= 0.6 is 0 Å². The molecule has 0 heterocycles. The van der Waals surface area contributed by atoms with E-state index in [1.54, 1.807) is 0 Å². The maximum absolute atomic E-state index is 9.52. The molecule has 0 amide bonds. The van der Waals surface area contributed by atoms with E-state index in [0.717, 1.165) is 0 Å². The third-order valence-electron chi connectivity index (χ3n) is 1.78. The van der Waals surface area contributed by atoms with Crippen LogP contribution in [0.15, 0.2) is 0 Å². The molecular weight excluding hydrogens is 247 g/mol. The van der Waals surface area contributed by atoms with Gasteiger partial charge in [0.05, 0.1) is 0 Å². The van der Waals surface area contributed by atoms with Crippen LogP contribution in [0.2, 0.25) is 8.87 Å². The zero-order valence-corrected chi connectivity index (χ0v) is 11.1. The van der Waals surface area contributed by atoms with E-state index < -0.39 is 20.2 Å². The molecular formula is C8H22O2Sn. The van der Waals surface area contributed by atoms with Gasteiger partial charge in [0.1, 0.15) is 0 Å². The van der Waals surface area contributed by atoms with Gasteiger partial charge >= 0.3 is 72.0 Å². The minimum Gasteiger partial charge on any atom is -0.412 e. The average molecular weight is 269 g/mol. The van der Waals surface area contributed by atoms with Crippen molar-refractivity contribution in [2.45, 2.75) is 48.4 Å². The molecule has 3 N–H and O–H groups in total. The SMILES string of the molecule is CCC[CH2][SnH]([OH])[CH2]CCC.O. The minimum absolute atomic E-state index is 0. The van der Waals surface area contributed by atoms with E-state index in [9.17, 15) is 3.44 Å². The van der Waals surface area contributed by atoms with E-state index in [4.69, 9.17) is 0 Å². The second-order valence-electron chi connectivity index (χ2n) is 2.94. The molecule has 0 aromatic carbocycles. The predicted molar refractivity (Wildman–Crippen MR) is 52.4 cm³/mol.